The summed E-state index contributed by atoms with van der Waals surface area (Å²) >= 11 is 7.21. The summed E-state index contributed by atoms with van der Waals surface area (Å²) < 4.78 is 11.5. The van der Waals surface area contributed by atoms with Crippen molar-refractivity contribution >= 4 is 79.8 Å². The van der Waals surface area contributed by atoms with Crippen molar-refractivity contribution in [3.63, 3.8) is 0 Å². The monoisotopic (exact) mass is 534 g/mol. The molecule has 0 saturated heterocycles. The molecule has 0 aliphatic rings. The maximum atomic E-state index is 11.9. The molecular weight excluding hydrogens is 526 g/mol. The van der Waals surface area contributed by atoms with Crippen LogP contribution in [0.15, 0.2) is 10.8 Å². The minimum Gasteiger partial charge on any atom is -0.465 e. The zero-order valence-electron chi connectivity index (χ0n) is 10.4. The molecular formula is C12H8I2O4S2. The van der Waals surface area contributed by atoms with Gasteiger partial charge in [0.15, 0.2) is 0 Å². The van der Waals surface area contributed by atoms with Gasteiger partial charge in [0.25, 0.3) is 0 Å². The van der Waals surface area contributed by atoms with Crippen molar-refractivity contribution in [2.24, 2.45) is 0 Å². The van der Waals surface area contributed by atoms with Crippen molar-refractivity contribution in [2.75, 3.05) is 14.2 Å². The van der Waals surface area contributed by atoms with E-state index in [9.17, 15) is 9.59 Å². The van der Waals surface area contributed by atoms with Gasteiger partial charge in [0.1, 0.15) is 0 Å². The summed E-state index contributed by atoms with van der Waals surface area (Å²) in [5, 5.41) is 3.50. The molecule has 0 amide bonds. The lowest BCUT2D eigenvalue weighted by Gasteiger charge is -2.06. The molecule has 20 heavy (non-hydrogen) atoms. The van der Waals surface area contributed by atoms with Crippen LogP contribution in [0.1, 0.15) is 20.7 Å². The van der Waals surface area contributed by atoms with Crippen molar-refractivity contribution < 1.29 is 19.1 Å². The van der Waals surface area contributed by atoms with Crippen LogP contribution in [0.4, 0.5) is 0 Å². The molecule has 0 fully saturated rings. The standard InChI is InChI=1S/C12H8I2O4S2/c1-17-11(15)5-3-19-9(13)7(5)8-6(12(16)18-2)4-20-10(8)14/h3-4H,1-2H3. The molecule has 0 bridgehead atoms. The van der Waals surface area contributed by atoms with Crippen molar-refractivity contribution in [3.05, 3.63) is 27.7 Å². The van der Waals surface area contributed by atoms with E-state index in [0.29, 0.717) is 11.1 Å². The molecule has 2 heterocycles. The maximum Gasteiger partial charge on any atom is 0.339 e. The van der Waals surface area contributed by atoms with Gasteiger partial charge in [0.05, 0.1) is 31.1 Å². The van der Waals surface area contributed by atoms with Crippen LogP contribution in [0.3, 0.4) is 0 Å². The number of hydrogen-bond acceptors (Lipinski definition) is 6. The van der Waals surface area contributed by atoms with Gasteiger partial charge in [-0.2, -0.15) is 0 Å². The summed E-state index contributed by atoms with van der Waals surface area (Å²) in [6.07, 6.45) is 0. The number of ether oxygens (including phenoxy) is 2. The van der Waals surface area contributed by atoms with Crippen molar-refractivity contribution in [1.82, 2.24) is 0 Å². The molecule has 0 radical (unpaired) electrons. The normalized spacial score (nSPS) is 10.4. The number of hydrogen-bond donors (Lipinski definition) is 0. The summed E-state index contributed by atoms with van der Waals surface area (Å²) in [6.45, 7) is 0. The van der Waals surface area contributed by atoms with Crippen LogP contribution in [0.2, 0.25) is 0 Å². The van der Waals surface area contributed by atoms with E-state index in [0.717, 1.165) is 16.9 Å². The molecule has 0 aliphatic carbocycles. The fourth-order valence-electron chi connectivity index (χ4n) is 1.65. The van der Waals surface area contributed by atoms with Gasteiger partial charge >= 0.3 is 11.9 Å². The Morgan fingerprint density at radius 2 is 1.25 bits per heavy atom. The van der Waals surface area contributed by atoms with Crippen LogP contribution < -0.4 is 0 Å². The van der Waals surface area contributed by atoms with Crippen LogP contribution in [0, 0.1) is 5.77 Å². The molecule has 2 aromatic heterocycles. The van der Waals surface area contributed by atoms with E-state index in [-0.39, 0.29) is 0 Å². The van der Waals surface area contributed by atoms with E-state index in [4.69, 9.17) is 9.47 Å². The molecule has 0 unspecified atom stereocenters. The van der Waals surface area contributed by atoms with Crippen molar-refractivity contribution in [2.45, 2.75) is 0 Å². The average Bonchev–Trinajstić information content (AvgIpc) is 3.00. The third-order valence-electron chi connectivity index (χ3n) is 2.55. The summed E-state index contributed by atoms with van der Waals surface area (Å²) in [6, 6.07) is 0. The van der Waals surface area contributed by atoms with Gasteiger partial charge < -0.3 is 9.47 Å². The second-order valence-electron chi connectivity index (χ2n) is 3.58. The predicted molar refractivity (Wildman–Crippen MR) is 95.7 cm³/mol. The van der Waals surface area contributed by atoms with Crippen LogP contribution in [-0.4, -0.2) is 26.2 Å². The van der Waals surface area contributed by atoms with E-state index < -0.39 is 11.9 Å². The van der Waals surface area contributed by atoms with Crippen LogP contribution in [0.5, 0.6) is 0 Å². The van der Waals surface area contributed by atoms with E-state index in [1.807, 2.05) is 0 Å². The van der Waals surface area contributed by atoms with Gasteiger partial charge in [-0.25, -0.2) is 9.59 Å². The third kappa shape index (κ3) is 2.88. The van der Waals surface area contributed by atoms with E-state index >= 15 is 0 Å². The fourth-order valence-corrected chi connectivity index (χ4v) is 5.07. The Morgan fingerprint density at radius 3 is 1.55 bits per heavy atom. The summed E-state index contributed by atoms with van der Waals surface area (Å²) in [4.78, 5) is 23.7. The fraction of sp³-hybridized carbons (Fsp3) is 0.167. The lowest BCUT2D eigenvalue weighted by atomic mass is 10.0. The molecule has 0 N–H and O–H groups in total. The van der Waals surface area contributed by atoms with Gasteiger partial charge in [-0.1, -0.05) is 0 Å². The molecule has 0 saturated carbocycles. The first kappa shape index (κ1) is 16.2. The van der Waals surface area contributed by atoms with Gasteiger partial charge in [-0.15, -0.1) is 22.7 Å². The van der Waals surface area contributed by atoms with Gasteiger partial charge in [0, 0.05) is 21.9 Å². The van der Waals surface area contributed by atoms with Crippen LogP contribution >= 0.6 is 67.9 Å². The Balaban J connectivity index is 2.69. The molecule has 106 valence electrons. The summed E-state index contributed by atoms with van der Waals surface area (Å²) in [5.41, 5.74) is 2.44. The molecule has 2 rings (SSSR count). The highest BCUT2D eigenvalue weighted by atomic mass is 127. The summed E-state index contributed by atoms with van der Waals surface area (Å²) in [5.74, 6) is -0.811. The number of esters is 2. The van der Waals surface area contributed by atoms with Crippen LogP contribution in [0.25, 0.3) is 11.1 Å². The predicted octanol–water partition coefficient (Wildman–Crippen LogP) is 4.26. The highest BCUT2D eigenvalue weighted by molar-refractivity contribution is 14.1. The number of thiophene rings is 2. The highest BCUT2D eigenvalue weighted by Crippen LogP contribution is 2.41. The largest absolute Gasteiger partial charge is 0.465 e. The SMILES string of the molecule is COC(=O)c1csc(I)c1-c1c(C(=O)OC)csc1I. The number of rotatable bonds is 3. The number of carbonyl (C=O) groups excluding carboxylic acids is 2. The average molecular weight is 534 g/mol. The molecule has 0 spiro atoms. The Morgan fingerprint density at radius 1 is 0.900 bits per heavy atom. The molecule has 0 aromatic carbocycles. The molecule has 0 aliphatic heterocycles. The molecule has 8 heteroatoms. The van der Waals surface area contributed by atoms with Gasteiger partial charge in [-0.3, -0.25) is 0 Å². The third-order valence-corrected chi connectivity index (χ3v) is 6.69. The summed E-state index contributed by atoms with van der Waals surface area (Å²) in [7, 11) is 2.69. The second kappa shape index (κ2) is 6.71. The van der Waals surface area contributed by atoms with E-state index in [1.54, 1.807) is 10.8 Å². The van der Waals surface area contributed by atoms with E-state index in [1.165, 1.54) is 36.9 Å². The Labute approximate surface area is 150 Å². The zero-order chi connectivity index (χ0) is 14.9. The first-order chi connectivity index (χ1) is 9.51. The lowest BCUT2D eigenvalue weighted by molar-refractivity contribution is 0.0590. The zero-order valence-corrected chi connectivity index (χ0v) is 16.3. The molecule has 2 aromatic rings. The van der Waals surface area contributed by atoms with Crippen molar-refractivity contribution in [1.29, 1.82) is 0 Å². The molecule has 4 nitrogen and oxygen atoms in total. The quantitative estimate of drug-likeness (QED) is 0.437. The number of halogens is 2. The number of methoxy groups -OCH3 is 2. The second-order valence-corrected chi connectivity index (χ2v) is 8.96. The maximum absolute atomic E-state index is 11.9. The minimum absolute atomic E-state index is 0.406. The lowest BCUT2D eigenvalue weighted by Crippen LogP contribution is -2.05. The minimum atomic E-state index is -0.406. The Kier molecular flexibility index (Phi) is 5.42. The van der Waals surface area contributed by atoms with Gasteiger partial charge in [-0.05, 0) is 45.2 Å². The topological polar surface area (TPSA) is 52.6 Å². The van der Waals surface area contributed by atoms with Gasteiger partial charge in [0.2, 0.25) is 0 Å². The Hall–Kier alpha value is -0.200. The van der Waals surface area contributed by atoms with Crippen LogP contribution in [-0.2, 0) is 9.47 Å². The Bertz CT molecular complexity index is 617. The highest BCUT2D eigenvalue weighted by Gasteiger charge is 2.26. The first-order valence-electron chi connectivity index (χ1n) is 5.22. The first-order valence-corrected chi connectivity index (χ1v) is 9.13. The molecule has 0 atom stereocenters. The van der Waals surface area contributed by atoms with Crippen molar-refractivity contribution in [3.8, 4) is 11.1 Å². The smallest absolute Gasteiger partial charge is 0.339 e. The van der Waals surface area contributed by atoms with E-state index in [2.05, 4.69) is 45.2 Å². The number of carbonyl (C=O) groups is 2.